The van der Waals surface area contributed by atoms with Crippen LogP contribution in [-0.2, 0) is 0 Å². The van der Waals surface area contributed by atoms with Crippen molar-refractivity contribution in [1.29, 1.82) is 0 Å². The summed E-state index contributed by atoms with van der Waals surface area (Å²) in [6.45, 7) is 8.67. The van der Waals surface area contributed by atoms with Gasteiger partial charge in [0.05, 0.1) is 0 Å². The van der Waals surface area contributed by atoms with E-state index >= 15 is 0 Å². The Kier molecular flexibility index (Phi) is 4.44. The number of rotatable bonds is 2. The van der Waals surface area contributed by atoms with Crippen LogP contribution in [0.1, 0.15) is 33.6 Å². The molecule has 0 aliphatic carbocycles. The van der Waals surface area contributed by atoms with Crippen molar-refractivity contribution in [3.8, 4) is 11.8 Å². The lowest BCUT2D eigenvalue weighted by Gasteiger charge is -2.41. The summed E-state index contributed by atoms with van der Waals surface area (Å²) in [7, 11) is 0. The van der Waals surface area contributed by atoms with Gasteiger partial charge in [-0.3, -0.25) is 4.90 Å². The average molecular weight is 194 g/mol. The minimum absolute atomic E-state index is 0.388. The molecular weight excluding hydrogens is 172 g/mol. The van der Waals surface area contributed by atoms with E-state index in [1.807, 2.05) is 6.92 Å². The second kappa shape index (κ2) is 5.38. The Morgan fingerprint density at radius 2 is 2.14 bits per heavy atom. The molecular formula is C12H22N2. The molecule has 1 heterocycles. The minimum Gasteiger partial charge on any atom is -0.327 e. The fourth-order valence-corrected chi connectivity index (χ4v) is 2.11. The first kappa shape index (κ1) is 11.6. The van der Waals surface area contributed by atoms with Gasteiger partial charge in [0.1, 0.15) is 0 Å². The molecule has 14 heavy (non-hydrogen) atoms. The molecule has 2 N–H and O–H groups in total. The van der Waals surface area contributed by atoms with Crippen LogP contribution in [0.4, 0.5) is 0 Å². The van der Waals surface area contributed by atoms with Crippen LogP contribution in [0.3, 0.4) is 0 Å². The van der Waals surface area contributed by atoms with Crippen LogP contribution < -0.4 is 5.73 Å². The van der Waals surface area contributed by atoms with Gasteiger partial charge in [-0.05, 0) is 32.7 Å². The van der Waals surface area contributed by atoms with E-state index in [0.29, 0.717) is 18.0 Å². The van der Waals surface area contributed by atoms with Gasteiger partial charge in [0.15, 0.2) is 0 Å². The lowest BCUT2D eigenvalue weighted by atomic mass is 9.87. The number of nitrogens with two attached hydrogens (primary N) is 1. The number of piperidine rings is 1. The highest BCUT2D eigenvalue weighted by Crippen LogP contribution is 2.21. The highest BCUT2D eigenvalue weighted by molar-refractivity contribution is 4.96. The molecule has 1 rings (SSSR count). The third-order valence-electron chi connectivity index (χ3n) is 3.46. The van der Waals surface area contributed by atoms with Gasteiger partial charge in [0.2, 0.25) is 0 Å². The van der Waals surface area contributed by atoms with E-state index in [4.69, 9.17) is 5.73 Å². The second-order valence-corrected chi connectivity index (χ2v) is 4.26. The molecule has 0 aromatic rings. The summed E-state index contributed by atoms with van der Waals surface area (Å²) >= 11 is 0. The summed E-state index contributed by atoms with van der Waals surface area (Å²) < 4.78 is 0. The first-order valence-corrected chi connectivity index (χ1v) is 5.56. The maximum absolute atomic E-state index is 6.03. The van der Waals surface area contributed by atoms with E-state index in [0.717, 1.165) is 25.9 Å². The molecule has 3 atom stereocenters. The van der Waals surface area contributed by atoms with Gasteiger partial charge in [0, 0.05) is 25.0 Å². The monoisotopic (exact) mass is 194 g/mol. The van der Waals surface area contributed by atoms with Crippen molar-refractivity contribution < 1.29 is 0 Å². The van der Waals surface area contributed by atoms with Crippen LogP contribution in [0, 0.1) is 17.8 Å². The Labute approximate surface area is 87.8 Å². The van der Waals surface area contributed by atoms with Crippen LogP contribution in [0.5, 0.6) is 0 Å². The van der Waals surface area contributed by atoms with E-state index in [1.54, 1.807) is 0 Å². The van der Waals surface area contributed by atoms with Gasteiger partial charge in [0.25, 0.3) is 0 Å². The van der Waals surface area contributed by atoms with E-state index < -0.39 is 0 Å². The van der Waals surface area contributed by atoms with E-state index in [9.17, 15) is 0 Å². The minimum atomic E-state index is 0.388. The van der Waals surface area contributed by atoms with Crippen molar-refractivity contribution in [2.24, 2.45) is 11.7 Å². The third kappa shape index (κ3) is 2.73. The molecule has 1 fully saturated rings. The quantitative estimate of drug-likeness (QED) is 0.674. The van der Waals surface area contributed by atoms with Crippen molar-refractivity contribution in [2.75, 3.05) is 13.1 Å². The van der Waals surface area contributed by atoms with Crippen molar-refractivity contribution in [2.45, 2.75) is 45.7 Å². The Morgan fingerprint density at radius 1 is 1.43 bits per heavy atom. The zero-order valence-corrected chi connectivity index (χ0v) is 9.59. The largest absolute Gasteiger partial charge is 0.327 e. The molecule has 3 unspecified atom stereocenters. The van der Waals surface area contributed by atoms with Crippen LogP contribution in [-0.4, -0.2) is 30.1 Å². The normalized spacial score (nSPS) is 33.6. The Hall–Kier alpha value is -0.520. The molecule has 0 aromatic carbocycles. The topological polar surface area (TPSA) is 29.3 Å². The van der Waals surface area contributed by atoms with Gasteiger partial charge in [-0.15, -0.1) is 11.8 Å². The van der Waals surface area contributed by atoms with E-state index in [2.05, 4.69) is 30.6 Å². The highest BCUT2D eigenvalue weighted by Gasteiger charge is 2.29. The van der Waals surface area contributed by atoms with Gasteiger partial charge >= 0.3 is 0 Å². The molecule has 80 valence electrons. The molecule has 0 saturated carbocycles. The summed E-state index contributed by atoms with van der Waals surface area (Å²) in [6.07, 6.45) is 2.12. The molecule has 2 nitrogen and oxygen atoms in total. The third-order valence-corrected chi connectivity index (χ3v) is 3.46. The maximum Gasteiger partial charge on any atom is 0.0217 e. The van der Waals surface area contributed by atoms with Crippen LogP contribution >= 0.6 is 0 Å². The number of hydrogen-bond acceptors (Lipinski definition) is 2. The fourth-order valence-electron chi connectivity index (χ4n) is 2.11. The molecule has 2 heteroatoms. The summed E-state index contributed by atoms with van der Waals surface area (Å²) in [5.74, 6) is 6.67. The molecule has 0 amide bonds. The van der Waals surface area contributed by atoms with Gasteiger partial charge in [-0.2, -0.15) is 0 Å². The first-order valence-electron chi connectivity index (χ1n) is 5.56. The molecule has 1 saturated heterocycles. The SMILES string of the molecule is CC#CCCN1CCC(N)C(C)C1C. The summed E-state index contributed by atoms with van der Waals surface area (Å²) in [6, 6.07) is 0.996. The maximum atomic E-state index is 6.03. The lowest BCUT2D eigenvalue weighted by Crippen LogP contribution is -2.51. The number of hydrogen-bond donors (Lipinski definition) is 1. The lowest BCUT2D eigenvalue weighted by molar-refractivity contribution is 0.100. The predicted molar refractivity (Wildman–Crippen MR) is 60.9 cm³/mol. The summed E-state index contributed by atoms with van der Waals surface area (Å²) in [4.78, 5) is 2.51. The van der Waals surface area contributed by atoms with Crippen molar-refractivity contribution in [1.82, 2.24) is 4.90 Å². The van der Waals surface area contributed by atoms with Crippen molar-refractivity contribution in [3.05, 3.63) is 0 Å². The molecule has 1 aliphatic rings. The summed E-state index contributed by atoms with van der Waals surface area (Å²) in [5.41, 5.74) is 6.03. The fraction of sp³-hybridized carbons (Fsp3) is 0.833. The first-order chi connectivity index (χ1) is 6.66. The smallest absolute Gasteiger partial charge is 0.0217 e. The zero-order valence-electron chi connectivity index (χ0n) is 9.59. The van der Waals surface area contributed by atoms with E-state index in [-0.39, 0.29) is 0 Å². The second-order valence-electron chi connectivity index (χ2n) is 4.26. The highest BCUT2D eigenvalue weighted by atomic mass is 15.2. The Balaban J connectivity index is 2.41. The number of likely N-dealkylation sites (tertiary alicyclic amines) is 1. The molecule has 0 bridgehead atoms. The Morgan fingerprint density at radius 3 is 2.79 bits per heavy atom. The van der Waals surface area contributed by atoms with Crippen LogP contribution in [0.25, 0.3) is 0 Å². The molecule has 1 aliphatic heterocycles. The summed E-state index contributed by atoms with van der Waals surface area (Å²) in [5, 5.41) is 0. The van der Waals surface area contributed by atoms with Gasteiger partial charge in [-0.25, -0.2) is 0 Å². The van der Waals surface area contributed by atoms with Gasteiger partial charge < -0.3 is 5.73 Å². The standard InChI is InChI=1S/C12H22N2/c1-4-5-6-8-14-9-7-12(13)10(2)11(14)3/h10-12H,6-9,13H2,1-3H3. The van der Waals surface area contributed by atoms with Crippen molar-refractivity contribution in [3.63, 3.8) is 0 Å². The Bertz CT molecular complexity index is 226. The van der Waals surface area contributed by atoms with Crippen LogP contribution in [0.2, 0.25) is 0 Å². The average Bonchev–Trinajstić information content (AvgIpc) is 2.18. The zero-order chi connectivity index (χ0) is 10.6. The molecule has 0 spiro atoms. The van der Waals surface area contributed by atoms with Crippen molar-refractivity contribution >= 4 is 0 Å². The molecule has 0 radical (unpaired) electrons. The molecule has 0 aromatic heterocycles. The predicted octanol–water partition coefficient (Wildman–Crippen LogP) is 1.46. The van der Waals surface area contributed by atoms with Crippen LogP contribution in [0.15, 0.2) is 0 Å². The number of nitrogens with zero attached hydrogens (tertiary/aromatic N) is 1. The van der Waals surface area contributed by atoms with E-state index in [1.165, 1.54) is 0 Å². The van der Waals surface area contributed by atoms with Gasteiger partial charge in [-0.1, -0.05) is 6.92 Å².